The predicted molar refractivity (Wildman–Crippen MR) is 93.0 cm³/mol. The quantitative estimate of drug-likeness (QED) is 0.888. The van der Waals surface area contributed by atoms with Crippen LogP contribution >= 0.6 is 23.1 Å². The number of benzene rings is 1. The summed E-state index contributed by atoms with van der Waals surface area (Å²) in [6, 6.07) is 5.35. The molecule has 1 aliphatic rings. The maximum atomic E-state index is 12.5. The molecule has 2 aromatic rings. The summed E-state index contributed by atoms with van der Waals surface area (Å²) in [7, 11) is 0. The molecule has 1 aliphatic heterocycles. The van der Waals surface area contributed by atoms with Crippen LogP contribution in [-0.2, 0) is 4.79 Å². The number of carbonyl (C=O) groups excluding carboxylic acids is 2. The van der Waals surface area contributed by atoms with E-state index in [1.165, 1.54) is 11.3 Å². The van der Waals surface area contributed by atoms with E-state index < -0.39 is 0 Å². The topological polar surface area (TPSA) is 71.1 Å². The summed E-state index contributed by atoms with van der Waals surface area (Å²) in [6.07, 6.45) is 3.00. The van der Waals surface area contributed by atoms with E-state index in [1.54, 1.807) is 30.1 Å². The van der Waals surface area contributed by atoms with Crippen LogP contribution in [0.1, 0.15) is 41.2 Å². The number of amides is 2. The van der Waals surface area contributed by atoms with Crippen LogP contribution in [0.15, 0.2) is 34.7 Å². The molecule has 23 heavy (non-hydrogen) atoms. The van der Waals surface area contributed by atoms with Gasteiger partial charge in [-0.3, -0.25) is 9.59 Å². The summed E-state index contributed by atoms with van der Waals surface area (Å²) < 4.78 is 0. The Bertz CT molecular complexity index is 716. The number of nitrogens with one attached hydrogen (secondary N) is 2. The lowest BCUT2D eigenvalue weighted by Crippen LogP contribution is -2.28. The van der Waals surface area contributed by atoms with E-state index in [2.05, 4.69) is 15.6 Å². The third-order valence-electron chi connectivity index (χ3n) is 3.57. The maximum Gasteiger partial charge on any atom is 0.251 e. The number of nitrogens with zero attached hydrogens (tertiary/aromatic N) is 1. The molecule has 2 N–H and O–H groups in total. The molecule has 0 fully saturated rings. The molecule has 2 heterocycles. The molecule has 0 unspecified atom stereocenters. The molecule has 0 radical (unpaired) electrons. The van der Waals surface area contributed by atoms with E-state index in [-0.39, 0.29) is 17.9 Å². The molecular formula is C16H17N3O2S2. The summed E-state index contributed by atoms with van der Waals surface area (Å²) in [6.45, 7) is 2.01. The Morgan fingerprint density at radius 2 is 2.35 bits per heavy atom. The van der Waals surface area contributed by atoms with Gasteiger partial charge in [0.15, 0.2) is 0 Å². The van der Waals surface area contributed by atoms with Gasteiger partial charge in [-0.15, -0.1) is 23.1 Å². The monoisotopic (exact) mass is 347 g/mol. The first kappa shape index (κ1) is 16.0. The van der Waals surface area contributed by atoms with E-state index >= 15 is 0 Å². The third kappa shape index (κ3) is 3.73. The minimum atomic E-state index is -0.154. The van der Waals surface area contributed by atoms with Gasteiger partial charge in [-0.05, 0) is 24.6 Å². The highest BCUT2D eigenvalue weighted by Crippen LogP contribution is 2.31. The molecule has 1 aromatic heterocycles. The fraction of sp³-hybridized carbons (Fsp3) is 0.312. The minimum absolute atomic E-state index is 0.0111. The van der Waals surface area contributed by atoms with Crippen LogP contribution in [0.4, 0.5) is 5.69 Å². The first-order chi connectivity index (χ1) is 11.2. The Hall–Kier alpha value is -1.86. The second-order valence-corrected chi connectivity index (χ2v) is 7.23. The van der Waals surface area contributed by atoms with Crippen molar-refractivity contribution in [3.8, 4) is 0 Å². The number of hydrogen-bond acceptors (Lipinski definition) is 5. The zero-order chi connectivity index (χ0) is 16.2. The van der Waals surface area contributed by atoms with Crippen LogP contribution in [0.25, 0.3) is 0 Å². The fourth-order valence-electron chi connectivity index (χ4n) is 2.35. The summed E-state index contributed by atoms with van der Waals surface area (Å²) in [5, 5.41) is 8.68. The van der Waals surface area contributed by atoms with Crippen LogP contribution in [0, 0.1) is 0 Å². The number of carbonyl (C=O) groups is 2. The molecule has 0 bridgehead atoms. The molecule has 0 spiro atoms. The number of anilines is 1. The Morgan fingerprint density at radius 3 is 3.09 bits per heavy atom. The molecule has 120 valence electrons. The van der Waals surface area contributed by atoms with Crippen molar-refractivity contribution in [3.63, 3.8) is 0 Å². The van der Waals surface area contributed by atoms with Crippen molar-refractivity contribution in [1.29, 1.82) is 0 Å². The second kappa shape index (κ2) is 7.14. The van der Waals surface area contributed by atoms with Crippen molar-refractivity contribution in [2.24, 2.45) is 0 Å². The Balaban J connectivity index is 1.78. The first-order valence-electron chi connectivity index (χ1n) is 7.44. The van der Waals surface area contributed by atoms with Gasteiger partial charge in [0.25, 0.3) is 5.91 Å². The summed E-state index contributed by atoms with van der Waals surface area (Å²) in [4.78, 5) is 29.5. The normalized spacial score (nSPS) is 15.3. The average Bonchev–Trinajstić information content (AvgIpc) is 3.01. The van der Waals surface area contributed by atoms with E-state index in [0.29, 0.717) is 17.7 Å². The molecule has 0 aliphatic carbocycles. The van der Waals surface area contributed by atoms with Gasteiger partial charge in [0.1, 0.15) is 5.01 Å². The van der Waals surface area contributed by atoms with Crippen molar-refractivity contribution >= 4 is 40.6 Å². The number of thiazole rings is 1. The van der Waals surface area contributed by atoms with Gasteiger partial charge >= 0.3 is 0 Å². The van der Waals surface area contributed by atoms with Crippen molar-refractivity contribution in [2.45, 2.75) is 30.7 Å². The average molecular weight is 347 g/mol. The van der Waals surface area contributed by atoms with Gasteiger partial charge in [0, 0.05) is 34.2 Å². The molecular weight excluding hydrogens is 330 g/mol. The lowest BCUT2D eigenvalue weighted by Gasteiger charge is -2.15. The summed E-state index contributed by atoms with van der Waals surface area (Å²) in [5.74, 6) is 0.591. The zero-order valence-electron chi connectivity index (χ0n) is 12.7. The maximum absolute atomic E-state index is 12.5. The lowest BCUT2D eigenvalue weighted by molar-refractivity contribution is -0.115. The molecule has 0 saturated carbocycles. The van der Waals surface area contributed by atoms with Crippen LogP contribution in [0.5, 0.6) is 0 Å². The highest BCUT2D eigenvalue weighted by molar-refractivity contribution is 7.99. The number of aromatic nitrogens is 1. The van der Waals surface area contributed by atoms with Crippen molar-refractivity contribution < 1.29 is 9.59 Å². The van der Waals surface area contributed by atoms with Crippen molar-refractivity contribution in [1.82, 2.24) is 10.3 Å². The van der Waals surface area contributed by atoms with E-state index in [1.807, 2.05) is 18.4 Å². The number of rotatable bonds is 4. The number of thioether (sulfide) groups is 1. The largest absolute Gasteiger partial charge is 0.343 e. The van der Waals surface area contributed by atoms with Crippen LogP contribution < -0.4 is 10.6 Å². The smallest absolute Gasteiger partial charge is 0.251 e. The van der Waals surface area contributed by atoms with Gasteiger partial charge in [-0.25, -0.2) is 4.98 Å². The zero-order valence-corrected chi connectivity index (χ0v) is 14.3. The molecule has 3 rings (SSSR count). The van der Waals surface area contributed by atoms with Gasteiger partial charge in [-0.2, -0.15) is 0 Å². The van der Waals surface area contributed by atoms with Crippen LogP contribution in [0.2, 0.25) is 0 Å². The fourth-order valence-corrected chi connectivity index (χ4v) is 4.06. The Kier molecular flexibility index (Phi) is 4.97. The van der Waals surface area contributed by atoms with E-state index in [0.717, 1.165) is 22.1 Å². The van der Waals surface area contributed by atoms with Gasteiger partial charge in [-0.1, -0.05) is 6.92 Å². The van der Waals surface area contributed by atoms with Crippen LogP contribution in [0.3, 0.4) is 0 Å². The van der Waals surface area contributed by atoms with E-state index in [4.69, 9.17) is 0 Å². The highest BCUT2D eigenvalue weighted by Gasteiger charge is 2.19. The third-order valence-corrected chi connectivity index (χ3v) is 5.53. The first-order valence-corrected chi connectivity index (χ1v) is 9.31. The van der Waals surface area contributed by atoms with Gasteiger partial charge in [0.05, 0.1) is 11.7 Å². The van der Waals surface area contributed by atoms with Gasteiger partial charge < -0.3 is 10.6 Å². The lowest BCUT2D eigenvalue weighted by atomic mass is 10.1. The van der Waals surface area contributed by atoms with Crippen LogP contribution in [-0.4, -0.2) is 22.6 Å². The number of fused-ring (bicyclic) bond motifs is 1. The summed E-state index contributed by atoms with van der Waals surface area (Å²) in [5.41, 5.74) is 1.26. The van der Waals surface area contributed by atoms with E-state index in [9.17, 15) is 9.59 Å². The van der Waals surface area contributed by atoms with Crippen molar-refractivity contribution in [2.75, 3.05) is 11.1 Å². The Labute approximate surface area is 142 Å². The number of hydrogen-bond donors (Lipinski definition) is 2. The molecule has 0 saturated heterocycles. The standard InChI is InChI=1S/C16H17N3O2S2/c1-2-11(16-17-6-8-23-16)19-15(21)10-3-4-13-12(9-10)18-14(20)5-7-22-13/h3-4,6,8-9,11H,2,5,7H2,1H3,(H,18,20)(H,19,21)/t11-/m0/s1. The molecule has 7 heteroatoms. The Morgan fingerprint density at radius 1 is 1.48 bits per heavy atom. The molecule has 1 atom stereocenters. The second-order valence-electron chi connectivity index (χ2n) is 5.16. The molecule has 2 amide bonds. The minimum Gasteiger partial charge on any atom is -0.343 e. The van der Waals surface area contributed by atoms with Gasteiger partial charge in [0.2, 0.25) is 5.91 Å². The highest BCUT2D eigenvalue weighted by atomic mass is 32.2. The van der Waals surface area contributed by atoms with Crippen molar-refractivity contribution in [3.05, 3.63) is 40.3 Å². The SMILES string of the molecule is CC[C@H](NC(=O)c1ccc2c(c1)NC(=O)CCS2)c1nccs1. The molecule has 1 aromatic carbocycles. The summed E-state index contributed by atoms with van der Waals surface area (Å²) >= 11 is 3.16. The predicted octanol–water partition coefficient (Wildman–Crippen LogP) is 3.46. The molecule has 5 nitrogen and oxygen atoms in total.